The van der Waals surface area contributed by atoms with Crippen LogP contribution in [0, 0.1) is 11.8 Å². The first-order valence-corrected chi connectivity index (χ1v) is 9.61. The van der Waals surface area contributed by atoms with Gasteiger partial charge in [0.05, 0.1) is 17.5 Å². The van der Waals surface area contributed by atoms with Crippen molar-refractivity contribution in [2.24, 2.45) is 18.9 Å². The molecule has 0 spiro atoms. The highest BCUT2D eigenvalue weighted by molar-refractivity contribution is 8.93. The average molecular weight is 534 g/mol. The van der Waals surface area contributed by atoms with Crippen LogP contribution >= 0.6 is 34.0 Å². The molecule has 2 aromatic rings. The molecule has 0 saturated carbocycles. The van der Waals surface area contributed by atoms with Crippen LogP contribution in [-0.4, -0.2) is 46.2 Å². The molecule has 9 heteroatoms. The second-order valence-electron chi connectivity index (χ2n) is 7.46. The first-order valence-electron chi connectivity index (χ1n) is 9.61. The first kappa shape index (κ1) is 25.6. The lowest BCUT2D eigenvalue weighted by molar-refractivity contribution is -0.136. The van der Waals surface area contributed by atoms with E-state index in [0.717, 1.165) is 42.3 Å². The Labute approximate surface area is 192 Å². The molecular formula is C20H30Br2N4O3. The maximum Gasteiger partial charge on any atom is 0.305 e. The van der Waals surface area contributed by atoms with Crippen LogP contribution in [0.25, 0.3) is 11.0 Å². The number of nitrogens with zero attached hydrogens (tertiary/aromatic N) is 2. The summed E-state index contributed by atoms with van der Waals surface area (Å²) in [4.78, 5) is 27.5. The minimum atomic E-state index is -0.928. The number of aromatic nitrogens is 2. The Kier molecular flexibility index (Phi) is 10.3. The molecule has 0 bridgehead atoms. The van der Waals surface area contributed by atoms with Crippen LogP contribution in [0.15, 0.2) is 18.2 Å². The normalized spacial score (nSPS) is 15.2. The molecule has 1 amide bonds. The van der Waals surface area contributed by atoms with Crippen LogP contribution in [-0.2, 0) is 18.3 Å². The number of imidazole rings is 1. The van der Waals surface area contributed by atoms with Gasteiger partial charge >= 0.3 is 5.97 Å². The molecule has 2 heterocycles. The van der Waals surface area contributed by atoms with Gasteiger partial charge in [-0.3, -0.25) is 9.59 Å². The van der Waals surface area contributed by atoms with Gasteiger partial charge in [-0.05, 0) is 56.0 Å². The summed E-state index contributed by atoms with van der Waals surface area (Å²) in [5, 5.41) is 14.7. The molecule has 1 aromatic heterocycles. The molecule has 0 radical (unpaired) electrons. The van der Waals surface area contributed by atoms with Crippen molar-refractivity contribution in [2.45, 2.75) is 32.6 Å². The lowest BCUT2D eigenvalue weighted by atomic mass is 9.84. The molecule has 3 N–H and O–H groups in total. The second kappa shape index (κ2) is 11.7. The van der Waals surface area contributed by atoms with Crippen LogP contribution < -0.4 is 10.6 Å². The number of carboxylic acid groups (broad SMARTS) is 1. The van der Waals surface area contributed by atoms with Crippen LogP contribution in [0.2, 0.25) is 0 Å². The van der Waals surface area contributed by atoms with Gasteiger partial charge in [0.1, 0.15) is 5.82 Å². The maximum absolute atomic E-state index is 12.2. The number of rotatable bonds is 7. The van der Waals surface area contributed by atoms with Gasteiger partial charge in [0.2, 0.25) is 0 Å². The molecule has 29 heavy (non-hydrogen) atoms. The Hall–Kier alpha value is -1.45. The fourth-order valence-electron chi connectivity index (χ4n) is 3.83. The number of piperidine rings is 1. The standard InChI is InChI=1S/C20H28N4O3.2BrH/c1-13(14-5-8-21-9-6-14)11-18-23-16-12-15(3-4-17(16)24(18)2)20(27)22-10-7-19(25)26;;/h3-4,12-14,21H,5-11H2,1-2H3,(H,22,27)(H,25,26);2*1H. The van der Waals surface area contributed by atoms with Crippen molar-refractivity contribution in [3.05, 3.63) is 29.6 Å². The molecule has 1 unspecified atom stereocenters. The van der Waals surface area contributed by atoms with Crippen molar-refractivity contribution in [3.8, 4) is 0 Å². The summed E-state index contributed by atoms with van der Waals surface area (Å²) in [6.45, 7) is 4.61. The van der Waals surface area contributed by atoms with Crippen molar-refractivity contribution in [1.82, 2.24) is 20.2 Å². The van der Waals surface area contributed by atoms with Gasteiger partial charge in [0.15, 0.2) is 0 Å². The molecule has 1 atom stereocenters. The van der Waals surface area contributed by atoms with Crippen LogP contribution in [0.1, 0.15) is 42.4 Å². The zero-order chi connectivity index (χ0) is 19.4. The van der Waals surface area contributed by atoms with E-state index in [-0.39, 0.29) is 52.8 Å². The number of aliphatic carboxylic acids is 1. The topological polar surface area (TPSA) is 96.2 Å². The number of hydrogen-bond donors (Lipinski definition) is 3. The Morgan fingerprint density at radius 2 is 2.00 bits per heavy atom. The van der Waals surface area contributed by atoms with E-state index in [2.05, 4.69) is 22.1 Å². The van der Waals surface area contributed by atoms with Gasteiger partial charge in [0, 0.05) is 25.6 Å². The lowest BCUT2D eigenvalue weighted by Gasteiger charge is -2.28. The summed E-state index contributed by atoms with van der Waals surface area (Å²) >= 11 is 0. The maximum atomic E-state index is 12.2. The van der Waals surface area contributed by atoms with Crippen molar-refractivity contribution in [3.63, 3.8) is 0 Å². The van der Waals surface area contributed by atoms with Crippen LogP contribution in [0.5, 0.6) is 0 Å². The number of hydrogen-bond acceptors (Lipinski definition) is 4. The third-order valence-corrected chi connectivity index (χ3v) is 5.55. The van der Waals surface area contributed by atoms with E-state index in [1.807, 2.05) is 13.1 Å². The van der Waals surface area contributed by atoms with Crippen LogP contribution in [0.4, 0.5) is 0 Å². The van der Waals surface area contributed by atoms with E-state index in [4.69, 9.17) is 10.1 Å². The van der Waals surface area contributed by atoms with Crippen LogP contribution in [0.3, 0.4) is 0 Å². The van der Waals surface area contributed by atoms with E-state index in [1.165, 1.54) is 12.8 Å². The van der Waals surface area contributed by atoms with Gasteiger partial charge in [0.25, 0.3) is 5.91 Å². The molecule has 1 saturated heterocycles. The quantitative estimate of drug-likeness (QED) is 0.508. The SMILES string of the molecule is Br.Br.CC(Cc1nc2cc(C(=O)NCCC(=O)O)ccc2n1C)C1CCNCC1. The number of nitrogens with one attached hydrogen (secondary N) is 2. The van der Waals surface area contributed by atoms with Crippen molar-refractivity contribution in [1.29, 1.82) is 0 Å². The zero-order valence-corrected chi connectivity index (χ0v) is 20.2. The van der Waals surface area contributed by atoms with E-state index >= 15 is 0 Å². The Bertz CT molecular complexity index is 834. The van der Waals surface area contributed by atoms with Gasteiger partial charge in [-0.25, -0.2) is 4.98 Å². The van der Waals surface area contributed by atoms with E-state index in [9.17, 15) is 9.59 Å². The average Bonchev–Trinajstić information content (AvgIpc) is 2.97. The molecule has 0 aliphatic carbocycles. The van der Waals surface area contributed by atoms with Crippen molar-refractivity contribution in [2.75, 3.05) is 19.6 Å². The summed E-state index contributed by atoms with van der Waals surface area (Å²) < 4.78 is 2.11. The van der Waals surface area contributed by atoms with Crippen molar-refractivity contribution < 1.29 is 14.7 Å². The predicted molar refractivity (Wildman–Crippen MR) is 124 cm³/mol. The number of halogens is 2. The number of carbonyl (C=O) groups is 2. The third-order valence-electron chi connectivity index (χ3n) is 5.55. The monoisotopic (exact) mass is 532 g/mol. The molecule has 1 aliphatic heterocycles. The highest BCUT2D eigenvalue weighted by Gasteiger charge is 2.22. The summed E-state index contributed by atoms with van der Waals surface area (Å²) in [6.07, 6.45) is 3.27. The fraction of sp³-hybridized carbons (Fsp3) is 0.550. The molecule has 1 aromatic carbocycles. The number of fused-ring (bicyclic) bond motifs is 1. The molecular weight excluding hydrogens is 504 g/mol. The zero-order valence-electron chi connectivity index (χ0n) is 16.8. The summed E-state index contributed by atoms with van der Waals surface area (Å²) in [6, 6.07) is 5.46. The molecule has 162 valence electrons. The van der Waals surface area contributed by atoms with E-state index in [0.29, 0.717) is 11.5 Å². The number of carbonyl (C=O) groups excluding carboxylic acids is 1. The summed E-state index contributed by atoms with van der Waals surface area (Å²) in [5.74, 6) is 1.14. The minimum absolute atomic E-state index is 0. The lowest BCUT2D eigenvalue weighted by Crippen LogP contribution is -2.31. The van der Waals surface area contributed by atoms with E-state index < -0.39 is 5.97 Å². The van der Waals surface area contributed by atoms with E-state index in [1.54, 1.807) is 12.1 Å². The predicted octanol–water partition coefficient (Wildman–Crippen LogP) is 3.11. The smallest absolute Gasteiger partial charge is 0.305 e. The molecule has 1 aliphatic rings. The second-order valence-corrected chi connectivity index (χ2v) is 7.46. The number of benzene rings is 1. The van der Waals surface area contributed by atoms with Gasteiger partial charge in [-0.15, -0.1) is 34.0 Å². The highest BCUT2D eigenvalue weighted by Crippen LogP contribution is 2.26. The summed E-state index contributed by atoms with van der Waals surface area (Å²) in [7, 11) is 2.02. The highest BCUT2D eigenvalue weighted by atomic mass is 79.9. The van der Waals surface area contributed by atoms with Gasteiger partial charge in [-0.1, -0.05) is 6.92 Å². The minimum Gasteiger partial charge on any atom is -0.481 e. The molecule has 1 fully saturated rings. The largest absolute Gasteiger partial charge is 0.481 e. The Morgan fingerprint density at radius 3 is 2.66 bits per heavy atom. The summed E-state index contributed by atoms with van der Waals surface area (Å²) in [5.41, 5.74) is 2.31. The first-order chi connectivity index (χ1) is 13.0. The Morgan fingerprint density at radius 1 is 1.31 bits per heavy atom. The van der Waals surface area contributed by atoms with Gasteiger partial charge in [-0.2, -0.15) is 0 Å². The number of aryl methyl sites for hydroxylation is 1. The molecule has 7 nitrogen and oxygen atoms in total. The third kappa shape index (κ3) is 6.52. The fourth-order valence-corrected chi connectivity index (χ4v) is 3.83. The van der Waals surface area contributed by atoms with Crippen molar-refractivity contribution >= 4 is 56.9 Å². The Balaban J connectivity index is 0.00000210. The number of amides is 1. The molecule has 3 rings (SSSR count). The number of carboxylic acids is 1. The van der Waals surface area contributed by atoms with Gasteiger partial charge < -0.3 is 20.3 Å².